The van der Waals surface area contributed by atoms with Crippen LogP contribution in [0.1, 0.15) is 56.6 Å². The summed E-state index contributed by atoms with van der Waals surface area (Å²) in [6.07, 6.45) is 3.18. The van der Waals surface area contributed by atoms with Crippen LogP contribution in [-0.2, 0) is 10.2 Å². The average molecular weight is 292 g/mol. The number of hydrogen-bond acceptors (Lipinski definition) is 3. The number of aliphatic carboxylic acids is 1. The van der Waals surface area contributed by atoms with Crippen molar-refractivity contribution < 1.29 is 19.4 Å². The van der Waals surface area contributed by atoms with Gasteiger partial charge in [0, 0.05) is 5.56 Å². The zero-order valence-electron chi connectivity index (χ0n) is 13.2. The van der Waals surface area contributed by atoms with E-state index in [1.165, 1.54) is 0 Å². The van der Waals surface area contributed by atoms with E-state index in [0.29, 0.717) is 30.3 Å². The molecule has 116 valence electrons. The normalized spacial score (nSPS) is 17.0. The lowest BCUT2D eigenvalue weighted by molar-refractivity contribution is -0.143. The molecule has 2 rings (SSSR count). The van der Waals surface area contributed by atoms with Crippen molar-refractivity contribution in [3.05, 3.63) is 23.3 Å². The standard InChI is InChI=1S/C17H24O4/c1-11(2)12-9-13(15(21-4)14(10-12)20-3)17(16(18)19)7-5-6-8-17/h9-11H,5-8H2,1-4H3,(H,18,19). The van der Waals surface area contributed by atoms with E-state index < -0.39 is 11.4 Å². The molecule has 21 heavy (non-hydrogen) atoms. The number of methoxy groups -OCH3 is 2. The zero-order valence-corrected chi connectivity index (χ0v) is 13.2. The SMILES string of the molecule is COc1cc(C(C)C)cc(C2(C(=O)O)CCCC2)c1OC. The predicted molar refractivity (Wildman–Crippen MR) is 81.4 cm³/mol. The molecule has 0 radical (unpaired) electrons. The van der Waals surface area contributed by atoms with Gasteiger partial charge in [0.25, 0.3) is 0 Å². The van der Waals surface area contributed by atoms with Gasteiger partial charge in [0.05, 0.1) is 19.6 Å². The second-order valence-corrected chi connectivity index (χ2v) is 6.05. The molecule has 1 N–H and O–H groups in total. The molecule has 0 saturated heterocycles. The van der Waals surface area contributed by atoms with Gasteiger partial charge in [0.1, 0.15) is 0 Å². The number of hydrogen-bond donors (Lipinski definition) is 1. The maximum Gasteiger partial charge on any atom is 0.314 e. The molecule has 0 bridgehead atoms. The minimum Gasteiger partial charge on any atom is -0.493 e. The van der Waals surface area contributed by atoms with Gasteiger partial charge in [-0.15, -0.1) is 0 Å². The first-order chi connectivity index (χ1) is 9.96. The topological polar surface area (TPSA) is 55.8 Å². The highest BCUT2D eigenvalue weighted by atomic mass is 16.5. The van der Waals surface area contributed by atoms with Crippen LogP contribution in [0.2, 0.25) is 0 Å². The monoisotopic (exact) mass is 292 g/mol. The number of carbonyl (C=O) groups is 1. The third-order valence-electron chi connectivity index (χ3n) is 4.55. The summed E-state index contributed by atoms with van der Waals surface area (Å²) in [5.41, 5.74) is 0.997. The van der Waals surface area contributed by atoms with Crippen LogP contribution in [0.3, 0.4) is 0 Å². The smallest absolute Gasteiger partial charge is 0.314 e. The van der Waals surface area contributed by atoms with E-state index in [9.17, 15) is 9.90 Å². The van der Waals surface area contributed by atoms with Crippen LogP contribution < -0.4 is 9.47 Å². The maximum atomic E-state index is 12.0. The lowest BCUT2D eigenvalue weighted by Gasteiger charge is -2.28. The fourth-order valence-corrected chi connectivity index (χ4v) is 3.25. The van der Waals surface area contributed by atoms with Crippen molar-refractivity contribution in [2.45, 2.75) is 50.9 Å². The Labute approximate surface area is 126 Å². The van der Waals surface area contributed by atoms with Crippen LogP contribution in [0.15, 0.2) is 12.1 Å². The van der Waals surface area contributed by atoms with Gasteiger partial charge in [-0.1, -0.05) is 32.8 Å². The molecule has 4 heteroatoms. The first-order valence-electron chi connectivity index (χ1n) is 7.46. The minimum atomic E-state index is -0.844. The van der Waals surface area contributed by atoms with Crippen LogP contribution in [0.25, 0.3) is 0 Å². The molecule has 0 spiro atoms. The van der Waals surface area contributed by atoms with E-state index in [2.05, 4.69) is 13.8 Å². The molecular formula is C17H24O4. The van der Waals surface area contributed by atoms with Crippen molar-refractivity contribution in [2.24, 2.45) is 0 Å². The molecule has 1 aliphatic rings. The summed E-state index contributed by atoms with van der Waals surface area (Å²) in [4.78, 5) is 12.0. The van der Waals surface area contributed by atoms with Crippen LogP contribution in [0.4, 0.5) is 0 Å². The first-order valence-corrected chi connectivity index (χ1v) is 7.46. The fraction of sp³-hybridized carbons (Fsp3) is 0.588. The van der Waals surface area contributed by atoms with Gasteiger partial charge in [-0.25, -0.2) is 0 Å². The number of benzene rings is 1. The molecule has 1 aromatic carbocycles. The Balaban J connectivity index is 2.70. The van der Waals surface area contributed by atoms with Crippen LogP contribution >= 0.6 is 0 Å². The largest absolute Gasteiger partial charge is 0.493 e. The average Bonchev–Trinajstić information content (AvgIpc) is 2.96. The summed E-state index contributed by atoms with van der Waals surface area (Å²) >= 11 is 0. The maximum absolute atomic E-state index is 12.0. The van der Waals surface area contributed by atoms with Crippen LogP contribution in [0, 0.1) is 0 Å². The second-order valence-electron chi connectivity index (χ2n) is 6.05. The predicted octanol–water partition coefficient (Wildman–Crippen LogP) is 3.72. The molecule has 1 fully saturated rings. The van der Waals surface area contributed by atoms with Crippen molar-refractivity contribution in [3.8, 4) is 11.5 Å². The van der Waals surface area contributed by atoms with Gasteiger partial charge in [0.2, 0.25) is 0 Å². The molecule has 0 aliphatic heterocycles. The molecule has 1 aromatic rings. The Morgan fingerprint density at radius 3 is 2.24 bits per heavy atom. The number of ether oxygens (including phenoxy) is 2. The Morgan fingerprint density at radius 1 is 1.19 bits per heavy atom. The highest BCUT2D eigenvalue weighted by molar-refractivity contribution is 5.83. The van der Waals surface area contributed by atoms with Gasteiger partial charge in [0.15, 0.2) is 11.5 Å². The number of carboxylic acid groups (broad SMARTS) is 1. The first kappa shape index (κ1) is 15.7. The van der Waals surface area contributed by atoms with E-state index in [1.807, 2.05) is 12.1 Å². The van der Waals surface area contributed by atoms with Crippen molar-refractivity contribution in [1.82, 2.24) is 0 Å². The zero-order chi connectivity index (χ0) is 15.6. The van der Waals surface area contributed by atoms with E-state index in [4.69, 9.17) is 9.47 Å². The molecule has 1 saturated carbocycles. The molecule has 0 unspecified atom stereocenters. The molecular weight excluding hydrogens is 268 g/mol. The van der Waals surface area contributed by atoms with Crippen molar-refractivity contribution in [3.63, 3.8) is 0 Å². The van der Waals surface area contributed by atoms with Crippen LogP contribution in [0.5, 0.6) is 11.5 Å². The summed E-state index contributed by atoms with van der Waals surface area (Å²) in [6, 6.07) is 3.93. The molecule has 0 atom stereocenters. The molecule has 1 aliphatic carbocycles. The molecule has 0 amide bonds. The van der Waals surface area contributed by atoms with Crippen molar-refractivity contribution in [1.29, 1.82) is 0 Å². The van der Waals surface area contributed by atoms with Gasteiger partial charge >= 0.3 is 5.97 Å². The Kier molecular flexibility index (Phi) is 4.45. The Bertz CT molecular complexity index is 528. The van der Waals surface area contributed by atoms with E-state index in [0.717, 1.165) is 24.0 Å². The minimum absolute atomic E-state index is 0.302. The molecule has 4 nitrogen and oxygen atoms in total. The van der Waals surface area contributed by atoms with Crippen molar-refractivity contribution >= 4 is 5.97 Å². The summed E-state index contributed by atoms with van der Waals surface area (Å²) in [5.74, 6) is 0.717. The van der Waals surface area contributed by atoms with E-state index in [-0.39, 0.29) is 0 Å². The summed E-state index contributed by atoms with van der Waals surface area (Å²) < 4.78 is 10.9. The summed E-state index contributed by atoms with van der Waals surface area (Å²) in [6.45, 7) is 4.18. The Hall–Kier alpha value is -1.71. The lowest BCUT2D eigenvalue weighted by atomic mass is 9.77. The van der Waals surface area contributed by atoms with Gasteiger partial charge in [-0.3, -0.25) is 4.79 Å². The lowest BCUT2D eigenvalue weighted by Crippen LogP contribution is -2.33. The van der Waals surface area contributed by atoms with Gasteiger partial charge in [-0.05, 0) is 30.4 Å². The van der Waals surface area contributed by atoms with Crippen LogP contribution in [-0.4, -0.2) is 25.3 Å². The Morgan fingerprint density at radius 2 is 1.81 bits per heavy atom. The summed E-state index contributed by atoms with van der Waals surface area (Å²) in [5, 5.41) is 9.83. The molecule has 0 aromatic heterocycles. The fourth-order valence-electron chi connectivity index (χ4n) is 3.25. The van der Waals surface area contributed by atoms with Gasteiger partial charge < -0.3 is 14.6 Å². The summed E-state index contributed by atoms with van der Waals surface area (Å²) in [7, 11) is 3.16. The highest BCUT2D eigenvalue weighted by Crippen LogP contribution is 2.48. The number of rotatable bonds is 5. The highest BCUT2D eigenvalue weighted by Gasteiger charge is 2.45. The third-order valence-corrected chi connectivity index (χ3v) is 4.55. The quantitative estimate of drug-likeness (QED) is 0.898. The number of carboxylic acids is 1. The second kappa shape index (κ2) is 5.96. The van der Waals surface area contributed by atoms with E-state index in [1.54, 1.807) is 14.2 Å². The van der Waals surface area contributed by atoms with Gasteiger partial charge in [-0.2, -0.15) is 0 Å². The van der Waals surface area contributed by atoms with E-state index >= 15 is 0 Å². The van der Waals surface area contributed by atoms with Crippen molar-refractivity contribution in [2.75, 3.05) is 14.2 Å². The molecule has 0 heterocycles. The third kappa shape index (κ3) is 2.59.